The van der Waals surface area contributed by atoms with Gasteiger partial charge in [0.05, 0.1) is 11.8 Å². The molecule has 130 valence electrons. The molecule has 1 saturated heterocycles. The van der Waals surface area contributed by atoms with E-state index in [1.54, 1.807) is 0 Å². The van der Waals surface area contributed by atoms with Crippen LogP contribution in [-0.2, 0) is 4.74 Å². The fourth-order valence-corrected chi connectivity index (χ4v) is 3.17. The average molecular weight is 340 g/mol. The average Bonchev–Trinajstić information content (AvgIpc) is 3.21. The van der Waals surface area contributed by atoms with E-state index >= 15 is 0 Å². The SMILES string of the molecule is Cc1noc(-c2ccccc2)c1-c1nnc([C@H]2CN(C)C[C@@H](C)O2)o1. The van der Waals surface area contributed by atoms with Crippen molar-refractivity contribution < 1.29 is 13.7 Å². The van der Waals surface area contributed by atoms with Crippen LogP contribution < -0.4 is 0 Å². The summed E-state index contributed by atoms with van der Waals surface area (Å²) in [5.74, 6) is 1.51. The maximum absolute atomic E-state index is 5.94. The number of nitrogens with zero attached hydrogens (tertiary/aromatic N) is 4. The minimum absolute atomic E-state index is 0.122. The Bertz CT molecular complexity index is 848. The molecular formula is C18H20N4O3. The van der Waals surface area contributed by atoms with Crippen LogP contribution in [0.15, 0.2) is 39.3 Å². The molecular weight excluding hydrogens is 320 g/mol. The van der Waals surface area contributed by atoms with Crippen molar-refractivity contribution in [3.8, 4) is 22.8 Å². The van der Waals surface area contributed by atoms with E-state index < -0.39 is 0 Å². The highest BCUT2D eigenvalue weighted by atomic mass is 16.5. The summed E-state index contributed by atoms with van der Waals surface area (Å²) in [7, 11) is 2.06. The molecule has 2 aromatic heterocycles. The van der Waals surface area contributed by atoms with Gasteiger partial charge in [-0.3, -0.25) is 0 Å². The molecule has 0 aliphatic carbocycles. The third-order valence-corrected chi connectivity index (χ3v) is 4.27. The topological polar surface area (TPSA) is 77.4 Å². The van der Waals surface area contributed by atoms with Gasteiger partial charge in [0.2, 0.25) is 5.89 Å². The fraction of sp³-hybridized carbons (Fsp3) is 0.389. The van der Waals surface area contributed by atoms with E-state index in [1.807, 2.05) is 44.2 Å². The van der Waals surface area contributed by atoms with Crippen molar-refractivity contribution in [3.05, 3.63) is 41.9 Å². The maximum Gasteiger partial charge on any atom is 0.253 e. The van der Waals surface area contributed by atoms with Crippen LogP contribution in [0.25, 0.3) is 22.8 Å². The van der Waals surface area contributed by atoms with Crippen molar-refractivity contribution >= 4 is 0 Å². The van der Waals surface area contributed by atoms with Gasteiger partial charge < -0.3 is 18.6 Å². The highest BCUT2D eigenvalue weighted by Gasteiger charge is 2.30. The molecule has 1 aliphatic heterocycles. The predicted molar refractivity (Wildman–Crippen MR) is 90.8 cm³/mol. The molecule has 7 nitrogen and oxygen atoms in total. The fourth-order valence-electron chi connectivity index (χ4n) is 3.17. The Labute approximate surface area is 145 Å². The van der Waals surface area contributed by atoms with E-state index in [0.717, 1.165) is 24.2 Å². The minimum Gasteiger partial charge on any atom is -0.418 e. The molecule has 1 aromatic carbocycles. The van der Waals surface area contributed by atoms with Gasteiger partial charge in [-0.15, -0.1) is 10.2 Å². The molecule has 3 aromatic rings. The van der Waals surface area contributed by atoms with Crippen LogP contribution in [0.4, 0.5) is 0 Å². The molecule has 0 spiro atoms. The second-order valence-corrected chi connectivity index (χ2v) is 6.44. The van der Waals surface area contributed by atoms with Crippen LogP contribution in [0.5, 0.6) is 0 Å². The van der Waals surface area contributed by atoms with E-state index in [0.29, 0.717) is 23.2 Å². The van der Waals surface area contributed by atoms with E-state index in [9.17, 15) is 0 Å². The summed E-state index contributed by atoms with van der Waals surface area (Å²) in [6.07, 6.45) is -0.105. The normalized spacial score (nSPS) is 21.6. The summed E-state index contributed by atoms with van der Waals surface area (Å²) in [5, 5.41) is 12.5. The van der Waals surface area contributed by atoms with E-state index in [2.05, 4.69) is 27.3 Å². The van der Waals surface area contributed by atoms with Gasteiger partial charge in [-0.25, -0.2) is 0 Å². The van der Waals surface area contributed by atoms with Crippen LogP contribution in [-0.4, -0.2) is 46.5 Å². The number of aromatic nitrogens is 3. The molecule has 1 fully saturated rings. The highest BCUT2D eigenvalue weighted by molar-refractivity contribution is 5.76. The molecule has 0 unspecified atom stereocenters. The molecule has 1 aliphatic rings. The molecule has 0 amide bonds. The van der Waals surface area contributed by atoms with Gasteiger partial charge in [0.25, 0.3) is 5.89 Å². The third-order valence-electron chi connectivity index (χ3n) is 4.27. The number of ether oxygens (including phenoxy) is 1. The Balaban J connectivity index is 1.68. The number of aryl methyl sites for hydroxylation is 1. The largest absolute Gasteiger partial charge is 0.418 e. The molecule has 2 atom stereocenters. The Morgan fingerprint density at radius 3 is 2.68 bits per heavy atom. The maximum atomic E-state index is 5.94. The van der Waals surface area contributed by atoms with Crippen molar-refractivity contribution in [1.82, 2.24) is 20.3 Å². The van der Waals surface area contributed by atoms with Crippen molar-refractivity contribution in [2.24, 2.45) is 0 Å². The zero-order valence-corrected chi connectivity index (χ0v) is 14.5. The lowest BCUT2D eigenvalue weighted by Gasteiger charge is -2.32. The zero-order chi connectivity index (χ0) is 17.4. The Morgan fingerprint density at radius 2 is 1.92 bits per heavy atom. The zero-order valence-electron chi connectivity index (χ0n) is 14.5. The van der Waals surface area contributed by atoms with Gasteiger partial charge in [-0.1, -0.05) is 35.5 Å². The van der Waals surface area contributed by atoms with Gasteiger partial charge in [0, 0.05) is 18.7 Å². The first-order valence-electron chi connectivity index (χ1n) is 8.31. The molecule has 0 bridgehead atoms. The molecule has 0 N–H and O–H groups in total. The summed E-state index contributed by atoms with van der Waals surface area (Å²) in [4.78, 5) is 2.20. The Kier molecular flexibility index (Phi) is 4.10. The van der Waals surface area contributed by atoms with Gasteiger partial charge >= 0.3 is 0 Å². The van der Waals surface area contributed by atoms with Crippen LogP contribution in [0.2, 0.25) is 0 Å². The van der Waals surface area contributed by atoms with Gasteiger partial charge in [-0.05, 0) is 20.9 Å². The van der Waals surface area contributed by atoms with Crippen LogP contribution in [0.3, 0.4) is 0 Å². The number of benzene rings is 1. The summed E-state index contributed by atoms with van der Waals surface area (Å²) in [5.41, 5.74) is 2.35. The van der Waals surface area contributed by atoms with Crippen molar-refractivity contribution in [2.75, 3.05) is 20.1 Å². The molecule has 25 heavy (non-hydrogen) atoms. The second kappa shape index (κ2) is 6.42. The van der Waals surface area contributed by atoms with Crippen LogP contribution in [0.1, 0.15) is 24.6 Å². The first-order chi connectivity index (χ1) is 12.1. The van der Waals surface area contributed by atoms with Gasteiger partial charge in [0.1, 0.15) is 11.7 Å². The number of hydrogen-bond acceptors (Lipinski definition) is 7. The van der Waals surface area contributed by atoms with Crippen LogP contribution >= 0.6 is 0 Å². The molecule has 0 saturated carbocycles. The Hall–Kier alpha value is -2.51. The lowest BCUT2D eigenvalue weighted by molar-refractivity contribution is -0.0821. The van der Waals surface area contributed by atoms with Crippen molar-refractivity contribution in [1.29, 1.82) is 0 Å². The van der Waals surface area contributed by atoms with Crippen molar-refractivity contribution in [2.45, 2.75) is 26.1 Å². The number of morpholine rings is 1. The quantitative estimate of drug-likeness (QED) is 0.725. The number of likely N-dealkylation sites (N-methyl/N-ethyl adjacent to an activating group) is 1. The van der Waals surface area contributed by atoms with Gasteiger partial charge in [0.15, 0.2) is 5.76 Å². The lowest BCUT2D eigenvalue weighted by atomic mass is 10.1. The predicted octanol–water partition coefficient (Wildman–Crippen LogP) is 3.09. The molecule has 0 radical (unpaired) electrons. The molecule has 7 heteroatoms. The van der Waals surface area contributed by atoms with E-state index in [4.69, 9.17) is 13.7 Å². The third kappa shape index (κ3) is 3.08. The van der Waals surface area contributed by atoms with Crippen molar-refractivity contribution in [3.63, 3.8) is 0 Å². The minimum atomic E-state index is -0.227. The monoisotopic (exact) mass is 340 g/mol. The standard InChI is InChI=1S/C18H20N4O3/c1-11-9-22(3)10-14(23-11)17-19-20-18(24-17)15-12(2)21-25-16(15)13-7-5-4-6-8-13/h4-8,11,14H,9-10H2,1-3H3/t11-,14-/m1/s1. The number of rotatable bonds is 3. The molecule has 3 heterocycles. The van der Waals surface area contributed by atoms with E-state index in [-0.39, 0.29) is 12.2 Å². The summed E-state index contributed by atoms with van der Waals surface area (Å²) < 4.78 is 17.4. The smallest absolute Gasteiger partial charge is 0.253 e. The van der Waals surface area contributed by atoms with Gasteiger partial charge in [-0.2, -0.15) is 0 Å². The van der Waals surface area contributed by atoms with Crippen LogP contribution in [0, 0.1) is 6.92 Å². The summed E-state index contributed by atoms with van der Waals surface area (Å²) >= 11 is 0. The second-order valence-electron chi connectivity index (χ2n) is 6.44. The summed E-state index contributed by atoms with van der Waals surface area (Å²) in [6, 6.07) is 9.77. The first kappa shape index (κ1) is 16.0. The highest BCUT2D eigenvalue weighted by Crippen LogP contribution is 2.35. The molecule has 4 rings (SSSR count). The lowest BCUT2D eigenvalue weighted by Crippen LogP contribution is -2.40. The Morgan fingerprint density at radius 1 is 1.12 bits per heavy atom. The summed E-state index contributed by atoms with van der Waals surface area (Å²) in [6.45, 7) is 5.51. The number of hydrogen-bond donors (Lipinski definition) is 0. The first-order valence-corrected chi connectivity index (χ1v) is 8.31. The van der Waals surface area contributed by atoms with E-state index in [1.165, 1.54) is 0 Å².